The van der Waals surface area contributed by atoms with Gasteiger partial charge in [-0.1, -0.05) is 24.2 Å². The van der Waals surface area contributed by atoms with E-state index in [9.17, 15) is 4.79 Å². The molecule has 0 saturated heterocycles. The van der Waals surface area contributed by atoms with E-state index in [0.29, 0.717) is 29.8 Å². The van der Waals surface area contributed by atoms with E-state index < -0.39 is 6.04 Å². The maximum absolute atomic E-state index is 12.9. The number of hydrogen-bond acceptors (Lipinski definition) is 7. The van der Waals surface area contributed by atoms with Crippen molar-refractivity contribution in [3.63, 3.8) is 0 Å². The van der Waals surface area contributed by atoms with Crippen molar-refractivity contribution >= 4 is 23.4 Å². The smallest absolute Gasteiger partial charge is 0.322 e. The van der Waals surface area contributed by atoms with Crippen molar-refractivity contribution < 1.29 is 18.8 Å². The predicted octanol–water partition coefficient (Wildman–Crippen LogP) is 5.09. The molecule has 9 heteroatoms. The average molecular weight is 465 g/mol. The summed E-state index contributed by atoms with van der Waals surface area (Å²) in [6.45, 7) is 4.77. The zero-order chi connectivity index (χ0) is 22.9. The van der Waals surface area contributed by atoms with Gasteiger partial charge in [0.1, 0.15) is 0 Å². The summed E-state index contributed by atoms with van der Waals surface area (Å²) in [4.78, 5) is 20.5. The molecule has 8 nitrogen and oxygen atoms in total. The number of fused-ring (bicyclic) bond motifs is 1. The van der Waals surface area contributed by atoms with E-state index in [4.69, 9.17) is 19.0 Å². The number of ether oxygens (including phenoxy) is 2. The van der Waals surface area contributed by atoms with Crippen LogP contribution in [0.1, 0.15) is 37.8 Å². The monoisotopic (exact) mass is 464 g/mol. The first-order valence-corrected chi connectivity index (χ1v) is 12.0. The number of allylic oxidation sites excluding steroid dienone is 1. The number of carbonyl (C=O) groups excluding carboxylic acids is 1. The Balaban J connectivity index is 1.56. The topological polar surface area (TPSA) is 89.7 Å². The third-order valence-corrected chi connectivity index (χ3v) is 6.52. The number of carbonyl (C=O) groups is 1. The molecule has 0 fully saturated rings. The van der Waals surface area contributed by atoms with Crippen molar-refractivity contribution in [2.45, 2.75) is 31.2 Å². The molecule has 1 unspecified atom stereocenters. The Morgan fingerprint density at radius 2 is 1.94 bits per heavy atom. The molecule has 0 radical (unpaired) electrons. The number of benzene rings is 2. The summed E-state index contributed by atoms with van der Waals surface area (Å²) in [5.41, 5.74) is 3.31. The van der Waals surface area contributed by atoms with Gasteiger partial charge in [0.25, 0.3) is 5.89 Å². The van der Waals surface area contributed by atoms with Crippen LogP contribution in [0.5, 0.6) is 11.5 Å². The van der Waals surface area contributed by atoms with Gasteiger partial charge >= 0.3 is 6.03 Å². The van der Waals surface area contributed by atoms with Crippen LogP contribution in [0, 0.1) is 0 Å². The van der Waals surface area contributed by atoms with Gasteiger partial charge in [-0.2, -0.15) is 4.98 Å². The summed E-state index contributed by atoms with van der Waals surface area (Å²) in [6, 6.07) is 13.1. The van der Waals surface area contributed by atoms with Gasteiger partial charge in [-0.05, 0) is 55.5 Å². The second kappa shape index (κ2) is 8.82. The van der Waals surface area contributed by atoms with Gasteiger partial charge in [0.05, 0.1) is 11.6 Å². The molecule has 5 rings (SSSR count). The minimum absolute atomic E-state index is 0.132. The van der Waals surface area contributed by atoms with E-state index in [2.05, 4.69) is 10.5 Å². The zero-order valence-corrected chi connectivity index (χ0v) is 19.4. The normalized spacial score (nSPS) is 17.5. The molecule has 2 amide bonds. The maximum atomic E-state index is 12.9. The van der Waals surface area contributed by atoms with Crippen LogP contribution in [0.25, 0.3) is 17.0 Å². The van der Waals surface area contributed by atoms with Crippen molar-refractivity contribution in [3.05, 3.63) is 59.6 Å². The summed E-state index contributed by atoms with van der Waals surface area (Å²) in [7, 11) is 0. The number of aromatic nitrogens is 2. The van der Waals surface area contributed by atoms with Crippen LogP contribution in [0.15, 0.2) is 57.6 Å². The summed E-state index contributed by atoms with van der Waals surface area (Å²) in [6.07, 6.45) is 2.86. The quantitative estimate of drug-likeness (QED) is 0.508. The van der Waals surface area contributed by atoms with E-state index in [1.165, 1.54) is 0 Å². The van der Waals surface area contributed by atoms with Gasteiger partial charge in [-0.15, -0.1) is 11.8 Å². The molecule has 1 aromatic heterocycles. The SMILES string of the molecule is CCCN1C(=O)NC(c2ccc(SC)cc2)C(c2nc(-c3ccc4c(c3)OCO4)no2)=C1C. The van der Waals surface area contributed by atoms with E-state index in [1.807, 2.05) is 62.6 Å². The highest BCUT2D eigenvalue weighted by atomic mass is 32.2. The molecule has 0 aliphatic carbocycles. The third-order valence-electron chi connectivity index (χ3n) is 5.78. The Morgan fingerprint density at radius 3 is 2.70 bits per heavy atom. The number of amides is 2. The Hall–Kier alpha value is -3.46. The number of urea groups is 1. The van der Waals surface area contributed by atoms with Crippen molar-refractivity contribution in [1.82, 2.24) is 20.4 Å². The van der Waals surface area contributed by atoms with E-state index >= 15 is 0 Å². The van der Waals surface area contributed by atoms with Gasteiger partial charge in [-0.3, -0.25) is 4.90 Å². The number of nitrogens with one attached hydrogen (secondary N) is 1. The fourth-order valence-corrected chi connectivity index (χ4v) is 4.49. The second-order valence-corrected chi connectivity index (χ2v) is 8.68. The Labute approximate surface area is 196 Å². The Bertz CT molecular complexity index is 1220. The molecule has 170 valence electrons. The first kappa shape index (κ1) is 21.4. The summed E-state index contributed by atoms with van der Waals surface area (Å²) < 4.78 is 16.6. The highest BCUT2D eigenvalue weighted by Crippen LogP contribution is 2.39. The van der Waals surface area contributed by atoms with Gasteiger partial charge in [0.2, 0.25) is 12.6 Å². The zero-order valence-electron chi connectivity index (χ0n) is 18.6. The standard InChI is InChI=1S/C24H24N4O4S/c1-4-11-28-14(2)20(21(25-24(28)29)15-5-8-17(33-3)9-6-15)23-26-22(27-32-23)16-7-10-18-19(12-16)31-13-30-18/h5-10,12,21H,4,11,13H2,1-3H3,(H,25,29). The third kappa shape index (κ3) is 3.93. The average Bonchev–Trinajstić information content (AvgIpc) is 3.50. The van der Waals surface area contributed by atoms with Gasteiger partial charge in [0.15, 0.2) is 11.5 Å². The number of rotatable bonds is 6. The summed E-state index contributed by atoms with van der Waals surface area (Å²) in [5.74, 6) is 2.17. The maximum Gasteiger partial charge on any atom is 0.322 e. The van der Waals surface area contributed by atoms with Crippen molar-refractivity contribution in [1.29, 1.82) is 0 Å². The number of hydrogen-bond donors (Lipinski definition) is 1. The molecule has 1 atom stereocenters. The summed E-state index contributed by atoms with van der Waals surface area (Å²) >= 11 is 1.67. The van der Waals surface area contributed by atoms with E-state index in [0.717, 1.165) is 33.7 Å². The summed E-state index contributed by atoms with van der Waals surface area (Å²) in [5, 5.41) is 7.34. The largest absolute Gasteiger partial charge is 0.454 e. The van der Waals surface area contributed by atoms with Gasteiger partial charge in [-0.25, -0.2) is 4.79 Å². The van der Waals surface area contributed by atoms with E-state index in [1.54, 1.807) is 16.7 Å². The lowest BCUT2D eigenvalue weighted by molar-refractivity contribution is 0.174. The second-order valence-electron chi connectivity index (χ2n) is 7.80. The van der Waals surface area contributed by atoms with Crippen LogP contribution in [0.4, 0.5) is 4.79 Å². The molecular formula is C24H24N4O4S. The van der Waals surface area contributed by atoms with Crippen LogP contribution in [0.2, 0.25) is 0 Å². The fraction of sp³-hybridized carbons (Fsp3) is 0.292. The molecule has 2 aromatic carbocycles. The molecule has 0 bridgehead atoms. The molecule has 3 aromatic rings. The molecular weight excluding hydrogens is 440 g/mol. The number of nitrogens with zero attached hydrogens (tertiary/aromatic N) is 3. The van der Waals surface area contributed by atoms with Crippen LogP contribution < -0.4 is 14.8 Å². The molecule has 1 N–H and O–H groups in total. The van der Waals surface area contributed by atoms with Crippen molar-refractivity contribution in [3.8, 4) is 22.9 Å². The van der Waals surface area contributed by atoms with E-state index in [-0.39, 0.29) is 12.8 Å². The lowest BCUT2D eigenvalue weighted by Gasteiger charge is -2.35. The molecule has 2 aliphatic rings. The van der Waals surface area contributed by atoms with Crippen LogP contribution in [-0.4, -0.2) is 40.7 Å². The van der Waals surface area contributed by atoms with Crippen molar-refractivity contribution in [2.75, 3.05) is 19.6 Å². The predicted molar refractivity (Wildman–Crippen MR) is 125 cm³/mol. The van der Waals surface area contributed by atoms with Gasteiger partial charge in [0, 0.05) is 22.7 Å². The molecule has 2 aliphatic heterocycles. The molecule has 0 saturated carbocycles. The Kier molecular flexibility index (Phi) is 5.72. The minimum atomic E-state index is -0.397. The highest BCUT2D eigenvalue weighted by Gasteiger charge is 2.35. The van der Waals surface area contributed by atoms with Gasteiger partial charge < -0.3 is 19.3 Å². The Morgan fingerprint density at radius 1 is 1.15 bits per heavy atom. The molecule has 33 heavy (non-hydrogen) atoms. The first-order valence-electron chi connectivity index (χ1n) is 10.8. The van der Waals surface area contributed by atoms with Crippen LogP contribution in [0.3, 0.4) is 0 Å². The fourth-order valence-electron chi connectivity index (χ4n) is 4.08. The minimum Gasteiger partial charge on any atom is -0.454 e. The number of thioether (sulfide) groups is 1. The first-order chi connectivity index (χ1) is 16.1. The van der Waals surface area contributed by atoms with Crippen molar-refractivity contribution in [2.24, 2.45) is 0 Å². The molecule has 3 heterocycles. The molecule has 0 spiro atoms. The highest BCUT2D eigenvalue weighted by molar-refractivity contribution is 7.98. The lowest BCUT2D eigenvalue weighted by atomic mass is 9.94. The van der Waals surface area contributed by atoms with Crippen LogP contribution in [-0.2, 0) is 0 Å². The van der Waals surface area contributed by atoms with Crippen LogP contribution >= 0.6 is 11.8 Å². The lowest BCUT2D eigenvalue weighted by Crippen LogP contribution is -2.46.